The molecule has 0 spiro atoms. The zero-order valence-corrected chi connectivity index (χ0v) is 26.4. The summed E-state index contributed by atoms with van der Waals surface area (Å²) in [5.41, 5.74) is 7.16. The minimum atomic E-state index is -4.34. The van der Waals surface area contributed by atoms with E-state index in [2.05, 4.69) is 16.0 Å². The van der Waals surface area contributed by atoms with Crippen LogP contribution in [0.15, 0.2) is 84.3 Å². The first-order valence-corrected chi connectivity index (χ1v) is 17.0. The fourth-order valence-corrected chi connectivity index (χ4v) is 6.61. The van der Waals surface area contributed by atoms with Crippen molar-refractivity contribution in [3.8, 4) is 0 Å². The molecule has 4 atom stereocenters. The number of hydrogen-bond donors (Lipinski definition) is 5. The van der Waals surface area contributed by atoms with Crippen molar-refractivity contribution in [2.75, 3.05) is 6.16 Å². The normalized spacial score (nSPS) is 14.7. The number of nitrogens with one attached hydrogen (secondary N) is 3. The van der Waals surface area contributed by atoms with E-state index in [1.165, 1.54) is 11.3 Å². The second-order valence-electron chi connectivity index (χ2n) is 10.8. The van der Waals surface area contributed by atoms with E-state index in [0.29, 0.717) is 10.4 Å². The molecular weight excluding hydrogens is 599 g/mol. The van der Waals surface area contributed by atoms with Crippen molar-refractivity contribution in [3.05, 3.63) is 100 Å². The van der Waals surface area contributed by atoms with E-state index in [0.717, 1.165) is 5.56 Å². The lowest BCUT2D eigenvalue weighted by atomic mass is 10.0. The second-order valence-corrected chi connectivity index (χ2v) is 14.2. The highest BCUT2D eigenvalue weighted by Gasteiger charge is 2.36. The number of nitrogens with two attached hydrogens (primary N) is 1. The Morgan fingerprint density at radius 1 is 0.909 bits per heavy atom. The smallest absolute Gasteiger partial charge is 0.262 e. The van der Waals surface area contributed by atoms with Crippen LogP contribution in [0.1, 0.15) is 47.5 Å². The topological polar surface area (TPSA) is 168 Å². The van der Waals surface area contributed by atoms with E-state index in [1.54, 1.807) is 60.0 Å². The Bertz CT molecular complexity index is 1460. The van der Waals surface area contributed by atoms with Gasteiger partial charge in [0.2, 0.25) is 25.1 Å². The highest BCUT2D eigenvalue weighted by atomic mass is 32.1. The summed E-state index contributed by atoms with van der Waals surface area (Å²) in [6.07, 6.45) is 3.07. The lowest BCUT2D eigenvalue weighted by Gasteiger charge is -2.26. The molecule has 2 unspecified atom stereocenters. The Kier molecular flexibility index (Phi) is 13.1. The summed E-state index contributed by atoms with van der Waals surface area (Å²) < 4.78 is 13.6. The van der Waals surface area contributed by atoms with Crippen LogP contribution in [0.5, 0.6) is 0 Å². The molecule has 0 aliphatic heterocycles. The molecule has 0 saturated carbocycles. The van der Waals surface area contributed by atoms with Gasteiger partial charge in [0.1, 0.15) is 24.0 Å². The molecule has 6 N–H and O–H groups in total. The molecule has 3 rings (SSSR count). The molecule has 0 fully saturated rings. The minimum Gasteiger partial charge on any atom is -0.368 e. The van der Waals surface area contributed by atoms with Gasteiger partial charge in [0.15, 0.2) is 0 Å². The van der Waals surface area contributed by atoms with Crippen molar-refractivity contribution < 1.29 is 28.6 Å². The van der Waals surface area contributed by atoms with E-state index in [4.69, 9.17) is 5.73 Å². The Labute approximate surface area is 261 Å². The summed E-state index contributed by atoms with van der Waals surface area (Å²) in [4.78, 5) is 62.8. The Morgan fingerprint density at radius 3 is 2.16 bits per heavy atom. The first-order valence-electron chi connectivity index (χ1n) is 14.2. The summed E-state index contributed by atoms with van der Waals surface area (Å²) in [6, 6.07) is 19.5. The lowest BCUT2D eigenvalue weighted by molar-refractivity contribution is -0.131. The molecule has 0 aliphatic carbocycles. The largest absolute Gasteiger partial charge is 0.368 e. The molecule has 0 radical (unpaired) electrons. The summed E-state index contributed by atoms with van der Waals surface area (Å²) in [7, 11) is -4.34. The van der Waals surface area contributed by atoms with Crippen molar-refractivity contribution in [1.82, 2.24) is 16.0 Å². The maximum absolute atomic E-state index is 13.6. The predicted octanol–water partition coefficient (Wildman–Crippen LogP) is 3.92. The standard InChI is InChI=1S/C32H39N4O6PS/c1-22(2)19-26(31(39)35-25(30(33)38)16-9-15-23-11-5-3-6-12-23)34-28(37)21-43(41,42)29(20-24-13-7-4-8-14-24)36-32(40)27-17-10-18-44-27/h3-15,17-18,22,25-26,29H,16,19-21H2,1-2H3,(H2,33,38)(H,34,37)(H,35,39)(H,36,40)(H,41,42)/t25-,26-,29?/m0/s1. The van der Waals surface area contributed by atoms with E-state index in [9.17, 15) is 28.6 Å². The van der Waals surface area contributed by atoms with Gasteiger partial charge in [0, 0.05) is 6.42 Å². The highest BCUT2D eigenvalue weighted by molar-refractivity contribution is 7.59. The van der Waals surface area contributed by atoms with Crippen LogP contribution in [0.2, 0.25) is 0 Å². The van der Waals surface area contributed by atoms with Crippen LogP contribution in [0.3, 0.4) is 0 Å². The fourth-order valence-electron chi connectivity index (χ4n) is 4.44. The summed E-state index contributed by atoms with van der Waals surface area (Å²) in [5, 5.41) is 9.52. The molecular formula is C32H39N4O6PS. The van der Waals surface area contributed by atoms with Crippen molar-refractivity contribution in [3.63, 3.8) is 0 Å². The maximum Gasteiger partial charge on any atom is 0.262 e. The number of hydrogen-bond acceptors (Lipinski definition) is 6. The van der Waals surface area contributed by atoms with Crippen molar-refractivity contribution in [1.29, 1.82) is 0 Å². The number of amides is 4. The molecule has 12 heteroatoms. The van der Waals surface area contributed by atoms with Crippen LogP contribution in [0.4, 0.5) is 0 Å². The molecule has 0 bridgehead atoms. The zero-order valence-electron chi connectivity index (χ0n) is 24.7. The first kappa shape index (κ1) is 34.4. The number of primary amides is 1. The first-order chi connectivity index (χ1) is 20.9. The quantitative estimate of drug-likeness (QED) is 0.149. The third kappa shape index (κ3) is 11.2. The number of carbonyl (C=O) groups is 4. The summed E-state index contributed by atoms with van der Waals surface area (Å²) >= 11 is 1.19. The summed E-state index contributed by atoms with van der Waals surface area (Å²) in [6.45, 7) is 3.71. The Hall–Kier alpha value is -4.05. The molecule has 0 aliphatic rings. The van der Waals surface area contributed by atoms with E-state index < -0.39 is 55.0 Å². The van der Waals surface area contributed by atoms with Crippen molar-refractivity contribution in [2.45, 2.75) is 51.0 Å². The van der Waals surface area contributed by atoms with Gasteiger partial charge in [0.25, 0.3) is 5.91 Å². The van der Waals surface area contributed by atoms with Crippen LogP contribution in [0.25, 0.3) is 6.08 Å². The third-order valence-corrected chi connectivity index (χ3v) is 9.57. The minimum absolute atomic E-state index is 0.0196. The van der Waals surface area contributed by atoms with Crippen molar-refractivity contribution >= 4 is 48.4 Å². The monoisotopic (exact) mass is 638 g/mol. The predicted molar refractivity (Wildman–Crippen MR) is 173 cm³/mol. The van der Waals surface area contributed by atoms with Gasteiger partial charge < -0.3 is 26.6 Å². The lowest BCUT2D eigenvalue weighted by Crippen LogP contribution is -2.53. The highest BCUT2D eigenvalue weighted by Crippen LogP contribution is 2.46. The van der Waals surface area contributed by atoms with Crippen LogP contribution in [0, 0.1) is 5.92 Å². The molecule has 3 aromatic rings. The van der Waals surface area contributed by atoms with Crippen LogP contribution in [-0.2, 0) is 25.4 Å². The van der Waals surface area contributed by atoms with Gasteiger partial charge in [-0.1, -0.05) is 92.7 Å². The van der Waals surface area contributed by atoms with Crippen molar-refractivity contribution in [2.24, 2.45) is 11.7 Å². The van der Waals surface area contributed by atoms with Crippen LogP contribution >= 0.6 is 18.7 Å². The zero-order chi connectivity index (χ0) is 32.1. The van der Waals surface area contributed by atoms with Gasteiger partial charge in [-0.2, -0.15) is 0 Å². The molecule has 1 aromatic heterocycles. The fraction of sp³-hybridized carbons (Fsp3) is 0.312. The Morgan fingerprint density at radius 2 is 1.57 bits per heavy atom. The summed E-state index contributed by atoms with van der Waals surface area (Å²) in [5.74, 6) is -4.02. The Balaban J connectivity index is 1.71. The average molecular weight is 639 g/mol. The van der Waals surface area contributed by atoms with Crippen LogP contribution in [-0.4, -0.2) is 52.6 Å². The SMILES string of the molecule is CC(C)C[C@H](NC(=O)CP(=O)(O)C(Cc1ccccc1)NC(=O)c1cccs1)C(=O)N[C@@H](CC=Cc1ccccc1)C(N)=O. The van der Waals surface area contributed by atoms with Gasteiger partial charge in [-0.05, 0) is 41.3 Å². The van der Waals surface area contributed by atoms with Gasteiger partial charge >= 0.3 is 0 Å². The third-order valence-electron chi connectivity index (χ3n) is 6.67. The van der Waals surface area contributed by atoms with Crippen LogP contribution < -0.4 is 21.7 Å². The maximum atomic E-state index is 13.6. The molecule has 10 nitrogen and oxygen atoms in total. The van der Waals surface area contributed by atoms with Gasteiger partial charge in [-0.3, -0.25) is 23.7 Å². The van der Waals surface area contributed by atoms with Gasteiger partial charge in [0.05, 0.1) is 4.88 Å². The number of rotatable bonds is 16. The molecule has 0 saturated heterocycles. The molecule has 2 aromatic carbocycles. The molecule has 1 heterocycles. The average Bonchev–Trinajstić information content (AvgIpc) is 3.52. The number of thiophene rings is 1. The number of carbonyl (C=O) groups excluding carboxylic acids is 4. The van der Waals surface area contributed by atoms with E-state index >= 15 is 0 Å². The van der Waals surface area contributed by atoms with Gasteiger partial charge in [-0.25, -0.2) is 0 Å². The van der Waals surface area contributed by atoms with E-state index in [-0.39, 0.29) is 25.2 Å². The molecule has 234 valence electrons. The molecule has 44 heavy (non-hydrogen) atoms. The van der Waals surface area contributed by atoms with Gasteiger partial charge in [-0.15, -0.1) is 11.3 Å². The molecule has 4 amide bonds. The number of benzene rings is 2. The second kappa shape index (κ2) is 16.7. The van der Waals surface area contributed by atoms with E-state index in [1.807, 2.05) is 44.2 Å².